The highest BCUT2D eigenvalue weighted by molar-refractivity contribution is 6.34. The molecule has 15 heavy (non-hydrogen) atoms. The second-order valence-corrected chi connectivity index (χ2v) is 4.14. The Bertz CT molecular complexity index is 487. The largest absolute Gasteiger partial charge is 0.346 e. The number of fused-ring (bicyclic) bond motifs is 1. The average Bonchev–Trinajstić information content (AvgIpc) is 2.85. The average molecular weight is 223 g/mol. The van der Waals surface area contributed by atoms with Crippen LogP contribution in [0.15, 0.2) is 12.5 Å². The topological polar surface area (TPSA) is 53.6 Å². The lowest BCUT2D eigenvalue weighted by Crippen LogP contribution is -2.12. The summed E-state index contributed by atoms with van der Waals surface area (Å²) in [7, 11) is 0. The van der Waals surface area contributed by atoms with Gasteiger partial charge in [-0.1, -0.05) is 11.6 Å². The first-order valence-electron chi connectivity index (χ1n) is 5.07. The first-order valence-corrected chi connectivity index (χ1v) is 5.45. The number of nitrogens with one attached hydrogen (secondary N) is 2. The van der Waals surface area contributed by atoms with Gasteiger partial charge in [0.1, 0.15) is 17.1 Å². The number of aromatic nitrogens is 3. The van der Waals surface area contributed by atoms with E-state index < -0.39 is 0 Å². The standard InChI is InChI=1S/C10H11ClN4/c11-9-8-6(7-2-1-3-12-7)4-13-10(8)15-5-14-9/h4-5,7,12H,1-3H2,(H,13,14,15). The Hall–Kier alpha value is -1.13. The van der Waals surface area contributed by atoms with Crippen LogP contribution in [0.5, 0.6) is 0 Å². The molecule has 1 saturated heterocycles. The molecular formula is C10H11ClN4. The third kappa shape index (κ3) is 1.41. The molecule has 0 aromatic carbocycles. The normalized spacial score (nSPS) is 21.3. The molecule has 0 bridgehead atoms. The van der Waals surface area contributed by atoms with Crippen LogP contribution in [0.25, 0.3) is 11.0 Å². The Balaban J connectivity index is 2.18. The first-order chi connectivity index (χ1) is 7.36. The minimum atomic E-state index is 0.391. The third-order valence-corrected chi connectivity index (χ3v) is 3.18. The number of halogens is 1. The van der Waals surface area contributed by atoms with E-state index in [1.807, 2.05) is 6.20 Å². The number of rotatable bonds is 1. The zero-order chi connectivity index (χ0) is 10.3. The van der Waals surface area contributed by atoms with Gasteiger partial charge in [0.2, 0.25) is 0 Å². The quantitative estimate of drug-likeness (QED) is 0.726. The van der Waals surface area contributed by atoms with Crippen molar-refractivity contribution in [3.05, 3.63) is 23.2 Å². The molecule has 3 rings (SSSR count). The van der Waals surface area contributed by atoms with E-state index in [0.717, 1.165) is 24.0 Å². The van der Waals surface area contributed by atoms with E-state index in [4.69, 9.17) is 11.6 Å². The molecule has 0 spiro atoms. The summed E-state index contributed by atoms with van der Waals surface area (Å²) < 4.78 is 0. The van der Waals surface area contributed by atoms with Crippen molar-refractivity contribution in [1.29, 1.82) is 0 Å². The van der Waals surface area contributed by atoms with Crippen LogP contribution in [-0.2, 0) is 0 Å². The molecule has 0 amide bonds. The summed E-state index contributed by atoms with van der Waals surface area (Å²) >= 11 is 6.08. The summed E-state index contributed by atoms with van der Waals surface area (Å²) in [5, 5.41) is 4.93. The molecule has 78 valence electrons. The monoisotopic (exact) mass is 222 g/mol. The lowest BCUT2D eigenvalue weighted by atomic mass is 10.1. The van der Waals surface area contributed by atoms with Crippen molar-refractivity contribution in [2.75, 3.05) is 6.54 Å². The molecule has 1 aliphatic heterocycles. The number of hydrogen-bond acceptors (Lipinski definition) is 3. The van der Waals surface area contributed by atoms with Crippen molar-refractivity contribution in [3.63, 3.8) is 0 Å². The highest BCUT2D eigenvalue weighted by atomic mass is 35.5. The zero-order valence-electron chi connectivity index (χ0n) is 8.13. The van der Waals surface area contributed by atoms with Crippen LogP contribution >= 0.6 is 11.6 Å². The number of H-pyrrole nitrogens is 1. The Labute approximate surface area is 92.1 Å². The van der Waals surface area contributed by atoms with E-state index in [2.05, 4.69) is 20.3 Å². The van der Waals surface area contributed by atoms with Gasteiger partial charge in [0, 0.05) is 12.2 Å². The lowest BCUT2D eigenvalue weighted by Gasteiger charge is -2.08. The maximum atomic E-state index is 6.08. The van der Waals surface area contributed by atoms with Gasteiger partial charge in [-0.05, 0) is 24.9 Å². The fourth-order valence-corrected chi connectivity index (χ4v) is 2.41. The molecule has 0 radical (unpaired) electrons. The summed E-state index contributed by atoms with van der Waals surface area (Å²) in [6.07, 6.45) is 5.82. The van der Waals surface area contributed by atoms with Crippen LogP contribution in [0, 0.1) is 0 Å². The van der Waals surface area contributed by atoms with Gasteiger partial charge in [0.15, 0.2) is 0 Å². The molecule has 1 atom stereocenters. The van der Waals surface area contributed by atoms with E-state index in [0.29, 0.717) is 11.2 Å². The van der Waals surface area contributed by atoms with Gasteiger partial charge in [-0.3, -0.25) is 0 Å². The molecule has 0 aliphatic carbocycles. The second kappa shape index (κ2) is 3.47. The fraction of sp³-hybridized carbons (Fsp3) is 0.400. The highest BCUT2D eigenvalue weighted by Crippen LogP contribution is 2.31. The van der Waals surface area contributed by atoms with Crippen molar-refractivity contribution < 1.29 is 0 Å². The summed E-state index contributed by atoms with van der Waals surface area (Å²) in [6.45, 7) is 1.07. The molecule has 2 aromatic heterocycles. The molecule has 2 aromatic rings. The van der Waals surface area contributed by atoms with Crippen molar-refractivity contribution in [2.24, 2.45) is 0 Å². The van der Waals surface area contributed by atoms with Crippen molar-refractivity contribution in [2.45, 2.75) is 18.9 Å². The van der Waals surface area contributed by atoms with Crippen LogP contribution < -0.4 is 5.32 Å². The Kier molecular flexibility index (Phi) is 2.11. The molecule has 0 saturated carbocycles. The van der Waals surface area contributed by atoms with Gasteiger partial charge in [0.05, 0.1) is 5.39 Å². The van der Waals surface area contributed by atoms with Gasteiger partial charge in [-0.15, -0.1) is 0 Å². The molecule has 4 nitrogen and oxygen atoms in total. The Morgan fingerprint density at radius 3 is 3.13 bits per heavy atom. The Morgan fingerprint density at radius 1 is 1.40 bits per heavy atom. The van der Waals surface area contributed by atoms with Crippen molar-refractivity contribution in [3.8, 4) is 0 Å². The zero-order valence-corrected chi connectivity index (χ0v) is 8.88. The summed E-state index contributed by atoms with van der Waals surface area (Å²) in [4.78, 5) is 11.3. The molecule has 1 unspecified atom stereocenters. The fourth-order valence-electron chi connectivity index (χ4n) is 2.17. The third-order valence-electron chi connectivity index (χ3n) is 2.89. The van der Waals surface area contributed by atoms with Gasteiger partial charge < -0.3 is 10.3 Å². The minimum absolute atomic E-state index is 0.391. The summed E-state index contributed by atoms with van der Waals surface area (Å²) in [5.41, 5.74) is 2.01. The number of hydrogen-bond donors (Lipinski definition) is 2. The van der Waals surface area contributed by atoms with Crippen LogP contribution in [-0.4, -0.2) is 21.5 Å². The van der Waals surface area contributed by atoms with E-state index in [1.165, 1.54) is 18.3 Å². The lowest BCUT2D eigenvalue weighted by molar-refractivity contribution is 0.652. The predicted molar refractivity (Wildman–Crippen MR) is 58.9 cm³/mol. The van der Waals surface area contributed by atoms with Crippen LogP contribution in [0.3, 0.4) is 0 Å². The van der Waals surface area contributed by atoms with Crippen LogP contribution in [0.1, 0.15) is 24.4 Å². The molecule has 3 heterocycles. The summed E-state index contributed by atoms with van der Waals surface area (Å²) in [5.74, 6) is 0. The SMILES string of the molecule is Clc1ncnc2[nH]cc(C3CCCN3)c12. The highest BCUT2D eigenvalue weighted by Gasteiger charge is 2.21. The van der Waals surface area contributed by atoms with E-state index in [9.17, 15) is 0 Å². The van der Waals surface area contributed by atoms with E-state index in [-0.39, 0.29) is 0 Å². The smallest absolute Gasteiger partial charge is 0.142 e. The van der Waals surface area contributed by atoms with Gasteiger partial charge in [-0.2, -0.15) is 0 Å². The van der Waals surface area contributed by atoms with Gasteiger partial charge in [-0.25, -0.2) is 9.97 Å². The van der Waals surface area contributed by atoms with Gasteiger partial charge in [0.25, 0.3) is 0 Å². The number of aromatic amines is 1. The van der Waals surface area contributed by atoms with Crippen LogP contribution in [0.2, 0.25) is 5.15 Å². The molecule has 2 N–H and O–H groups in total. The molecule has 1 fully saturated rings. The Morgan fingerprint density at radius 2 is 2.33 bits per heavy atom. The second-order valence-electron chi connectivity index (χ2n) is 3.78. The number of nitrogens with zero attached hydrogens (tertiary/aromatic N) is 2. The molecular weight excluding hydrogens is 212 g/mol. The van der Waals surface area contributed by atoms with Crippen molar-refractivity contribution in [1.82, 2.24) is 20.3 Å². The van der Waals surface area contributed by atoms with Gasteiger partial charge >= 0.3 is 0 Å². The molecule has 5 heteroatoms. The first kappa shape index (κ1) is 9.12. The van der Waals surface area contributed by atoms with E-state index >= 15 is 0 Å². The molecule has 1 aliphatic rings. The maximum absolute atomic E-state index is 6.08. The van der Waals surface area contributed by atoms with Crippen LogP contribution in [0.4, 0.5) is 0 Å². The minimum Gasteiger partial charge on any atom is -0.346 e. The predicted octanol–water partition coefficient (Wildman–Crippen LogP) is 2.04. The van der Waals surface area contributed by atoms with Crippen molar-refractivity contribution >= 4 is 22.6 Å². The maximum Gasteiger partial charge on any atom is 0.142 e. The van der Waals surface area contributed by atoms with E-state index in [1.54, 1.807) is 0 Å². The summed E-state index contributed by atoms with van der Waals surface area (Å²) in [6, 6.07) is 0.391.